The summed E-state index contributed by atoms with van der Waals surface area (Å²) in [6.45, 7) is 0.435. The van der Waals surface area contributed by atoms with Crippen LogP contribution in [-0.2, 0) is 16.0 Å². The number of carbonyl (C=O) groups excluding carboxylic acids is 2. The highest BCUT2D eigenvalue weighted by Gasteiger charge is 2.47. The number of hydrogen-bond acceptors (Lipinski definition) is 2. The number of rotatable bonds is 3. The number of H-pyrrole nitrogens is 1. The molecular weight excluding hydrogens is 312 g/mol. The summed E-state index contributed by atoms with van der Waals surface area (Å²) in [7, 11) is 0. The van der Waals surface area contributed by atoms with Crippen LogP contribution in [0.4, 0.5) is 0 Å². The van der Waals surface area contributed by atoms with Crippen molar-refractivity contribution in [2.45, 2.75) is 19.3 Å². The maximum atomic E-state index is 12.5. The van der Waals surface area contributed by atoms with Gasteiger partial charge >= 0.3 is 0 Å². The summed E-state index contributed by atoms with van der Waals surface area (Å²) < 4.78 is 0. The van der Waals surface area contributed by atoms with Gasteiger partial charge in [-0.25, -0.2) is 0 Å². The molecular formula is C18H17ClN2O2. The molecule has 4 nitrogen and oxygen atoms in total. The van der Waals surface area contributed by atoms with E-state index >= 15 is 0 Å². The first-order chi connectivity index (χ1) is 11.1. The third-order valence-corrected chi connectivity index (χ3v) is 5.25. The molecule has 23 heavy (non-hydrogen) atoms. The number of fused-ring (bicyclic) bond motifs is 2. The smallest absolute Gasteiger partial charge is 0.233 e. The van der Waals surface area contributed by atoms with E-state index in [0.717, 1.165) is 16.5 Å². The molecule has 0 spiro atoms. The number of nitrogens with one attached hydrogen (secondary N) is 1. The zero-order chi connectivity index (χ0) is 16.0. The maximum absolute atomic E-state index is 12.5. The Morgan fingerprint density at radius 2 is 1.96 bits per heavy atom. The van der Waals surface area contributed by atoms with Gasteiger partial charge in [-0.15, -0.1) is 0 Å². The van der Waals surface area contributed by atoms with Gasteiger partial charge in [-0.1, -0.05) is 35.9 Å². The Hall–Kier alpha value is -2.07. The first-order valence-electron chi connectivity index (χ1n) is 7.90. The van der Waals surface area contributed by atoms with Gasteiger partial charge in [0.1, 0.15) is 0 Å². The molecule has 4 rings (SSSR count). The molecule has 118 valence electrons. The molecule has 0 radical (unpaired) electrons. The Bertz CT molecular complexity index is 823. The Balaban J connectivity index is 1.51. The van der Waals surface area contributed by atoms with E-state index in [1.54, 1.807) is 0 Å². The summed E-state index contributed by atoms with van der Waals surface area (Å²) in [6, 6.07) is 8.05. The molecule has 1 aromatic heterocycles. The molecule has 1 saturated heterocycles. The van der Waals surface area contributed by atoms with E-state index in [2.05, 4.69) is 11.1 Å². The van der Waals surface area contributed by atoms with Crippen LogP contribution in [-0.4, -0.2) is 28.2 Å². The summed E-state index contributed by atoms with van der Waals surface area (Å²) in [4.78, 5) is 29.7. The second-order valence-electron chi connectivity index (χ2n) is 6.24. The lowest BCUT2D eigenvalue weighted by Crippen LogP contribution is -2.33. The SMILES string of the molecule is O=C1[C@@H]2CC=C(Cl)C[C@H]2C(=O)N1CCc1c[nH]c2ccccc12. The van der Waals surface area contributed by atoms with E-state index in [1.165, 1.54) is 4.90 Å². The van der Waals surface area contributed by atoms with Crippen LogP contribution in [0.15, 0.2) is 41.6 Å². The zero-order valence-electron chi connectivity index (χ0n) is 12.6. The molecule has 1 fully saturated rings. The topological polar surface area (TPSA) is 53.2 Å². The number of para-hydroxylation sites is 1. The van der Waals surface area contributed by atoms with Gasteiger partial charge < -0.3 is 4.98 Å². The van der Waals surface area contributed by atoms with Crippen LogP contribution < -0.4 is 0 Å². The predicted molar refractivity (Wildman–Crippen MR) is 88.9 cm³/mol. The second kappa shape index (κ2) is 5.53. The van der Waals surface area contributed by atoms with Gasteiger partial charge in [0.05, 0.1) is 11.8 Å². The first-order valence-corrected chi connectivity index (χ1v) is 8.27. The largest absolute Gasteiger partial charge is 0.361 e. The number of amides is 2. The Morgan fingerprint density at radius 3 is 2.83 bits per heavy atom. The summed E-state index contributed by atoms with van der Waals surface area (Å²) in [6.07, 6.45) is 5.58. The number of benzene rings is 1. The van der Waals surface area contributed by atoms with Crippen LogP contribution in [0.5, 0.6) is 0 Å². The van der Waals surface area contributed by atoms with Crippen molar-refractivity contribution in [2.75, 3.05) is 6.54 Å². The van der Waals surface area contributed by atoms with Crippen molar-refractivity contribution in [1.29, 1.82) is 0 Å². The number of aromatic nitrogens is 1. The molecule has 5 heteroatoms. The fourth-order valence-electron chi connectivity index (χ4n) is 3.69. The van der Waals surface area contributed by atoms with Crippen LogP contribution in [0.1, 0.15) is 18.4 Å². The summed E-state index contributed by atoms with van der Waals surface area (Å²) in [5.74, 6) is -0.581. The lowest BCUT2D eigenvalue weighted by Gasteiger charge is -2.17. The number of hydrogen-bond donors (Lipinski definition) is 1. The molecule has 1 aliphatic carbocycles. The average Bonchev–Trinajstić information content (AvgIpc) is 3.06. The number of nitrogens with zero attached hydrogens (tertiary/aromatic N) is 1. The highest BCUT2D eigenvalue weighted by molar-refractivity contribution is 6.30. The number of likely N-dealkylation sites (tertiary alicyclic amines) is 1. The van der Waals surface area contributed by atoms with E-state index in [9.17, 15) is 9.59 Å². The highest BCUT2D eigenvalue weighted by Crippen LogP contribution is 2.38. The van der Waals surface area contributed by atoms with E-state index in [4.69, 9.17) is 11.6 Å². The average molecular weight is 329 g/mol. The van der Waals surface area contributed by atoms with Crippen LogP contribution >= 0.6 is 11.6 Å². The highest BCUT2D eigenvalue weighted by atomic mass is 35.5. The van der Waals surface area contributed by atoms with Crippen molar-refractivity contribution in [2.24, 2.45) is 11.8 Å². The molecule has 1 N–H and O–H groups in total. The number of allylic oxidation sites excluding steroid dienone is 2. The monoisotopic (exact) mass is 328 g/mol. The predicted octanol–water partition coefficient (Wildman–Crippen LogP) is 3.23. The van der Waals surface area contributed by atoms with Gasteiger partial charge in [-0.3, -0.25) is 14.5 Å². The van der Waals surface area contributed by atoms with Crippen molar-refractivity contribution >= 4 is 34.3 Å². The second-order valence-corrected chi connectivity index (χ2v) is 6.73. The van der Waals surface area contributed by atoms with Crippen LogP contribution in [0.2, 0.25) is 0 Å². The maximum Gasteiger partial charge on any atom is 0.233 e. The fraction of sp³-hybridized carbons (Fsp3) is 0.333. The van der Waals surface area contributed by atoms with Crippen LogP contribution in [0, 0.1) is 11.8 Å². The normalized spacial score (nSPS) is 24.2. The van der Waals surface area contributed by atoms with Gasteiger partial charge in [0.15, 0.2) is 0 Å². The fourth-order valence-corrected chi connectivity index (χ4v) is 3.94. The van der Waals surface area contributed by atoms with Crippen LogP contribution in [0.3, 0.4) is 0 Å². The molecule has 0 bridgehead atoms. The van der Waals surface area contributed by atoms with Gasteiger partial charge in [0.2, 0.25) is 11.8 Å². The summed E-state index contributed by atoms with van der Waals surface area (Å²) in [5, 5.41) is 1.85. The molecule has 1 aromatic carbocycles. The quantitative estimate of drug-likeness (QED) is 0.879. The van der Waals surface area contributed by atoms with Crippen molar-refractivity contribution in [1.82, 2.24) is 9.88 Å². The Labute approximate surface area is 139 Å². The molecule has 0 saturated carbocycles. The minimum Gasteiger partial charge on any atom is -0.361 e. The number of halogens is 1. The molecule has 2 amide bonds. The minimum atomic E-state index is -0.261. The summed E-state index contributed by atoms with van der Waals surface area (Å²) >= 11 is 6.04. The van der Waals surface area contributed by atoms with Gasteiger partial charge in [0.25, 0.3) is 0 Å². The van der Waals surface area contributed by atoms with E-state index in [-0.39, 0.29) is 23.7 Å². The van der Waals surface area contributed by atoms with Crippen molar-refractivity contribution in [3.63, 3.8) is 0 Å². The minimum absolute atomic E-state index is 0.0414. The lowest BCUT2D eigenvalue weighted by molar-refractivity contribution is -0.139. The van der Waals surface area contributed by atoms with Crippen molar-refractivity contribution < 1.29 is 9.59 Å². The van der Waals surface area contributed by atoms with Gasteiger partial charge in [-0.2, -0.15) is 0 Å². The van der Waals surface area contributed by atoms with Gasteiger partial charge in [0, 0.05) is 28.7 Å². The van der Waals surface area contributed by atoms with Crippen molar-refractivity contribution in [3.05, 3.63) is 47.1 Å². The first kappa shape index (κ1) is 14.5. The number of imide groups is 1. The number of aromatic amines is 1. The van der Waals surface area contributed by atoms with Crippen LogP contribution in [0.25, 0.3) is 10.9 Å². The molecule has 2 atom stereocenters. The Morgan fingerprint density at radius 1 is 1.17 bits per heavy atom. The van der Waals surface area contributed by atoms with Crippen molar-refractivity contribution in [3.8, 4) is 0 Å². The summed E-state index contributed by atoms with van der Waals surface area (Å²) in [5.41, 5.74) is 2.21. The molecule has 1 aliphatic heterocycles. The van der Waals surface area contributed by atoms with E-state index in [1.807, 2.05) is 30.5 Å². The third kappa shape index (κ3) is 2.38. The van der Waals surface area contributed by atoms with E-state index in [0.29, 0.717) is 30.8 Å². The molecule has 0 unspecified atom stereocenters. The number of carbonyl (C=O) groups is 2. The standard InChI is InChI=1S/C18H17ClN2O2/c19-12-5-6-14-15(9-12)18(23)21(17(14)22)8-7-11-10-20-16-4-2-1-3-13(11)16/h1-5,10,14-15,20H,6-9H2/t14-,15-/m1/s1. The van der Waals surface area contributed by atoms with Gasteiger partial charge in [-0.05, 0) is 30.9 Å². The van der Waals surface area contributed by atoms with E-state index < -0.39 is 0 Å². The molecule has 2 aromatic rings. The lowest BCUT2D eigenvalue weighted by atomic mass is 9.85. The Kier molecular flexibility index (Phi) is 3.49. The molecule has 2 aliphatic rings. The molecule has 2 heterocycles. The zero-order valence-corrected chi connectivity index (χ0v) is 13.3. The third-order valence-electron chi connectivity index (χ3n) is 4.94.